The summed E-state index contributed by atoms with van der Waals surface area (Å²) in [6.45, 7) is 6.26. The smallest absolute Gasteiger partial charge is 0.239 e. The van der Waals surface area contributed by atoms with Crippen LogP contribution in [0.2, 0.25) is 0 Å². The Morgan fingerprint density at radius 1 is 1.65 bits per heavy atom. The molecule has 94 valence electrons. The summed E-state index contributed by atoms with van der Waals surface area (Å²) in [6.07, 6.45) is 2.25. The number of carbonyl (C=O) groups is 1. The van der Waals surface area contributed by atoms with Crippen LogP contribution in [0.4, 0.5) is 0 Å². The van der Waals surface area contributed by atoms with Gasteiger partial charge in [-0.05, 0) is 39.7 Å². The maximum atomic E-state index is 11.6. The van der Waals surface area contributed by atoms with E-state index in [1.165, 1.54) is 0 Å². The van der Waals surface area contributed by atoms with Crippen LogP contribution in [0.1, 0.15) is 31.2 Å². The number of hydrogen-bond donors (Lipinski definition) is 2. The van der Waals surface area contributed by atoms with Crippen molar-refractivity contribution in [2.45, 2.75) is 51.7 Å². The molecule has 0 bridgehead atoms. The van der Waals surface area contributed by atoms with Crippen LogP contribution in [0.25, 0.3) is 0 Å². The summed E-state index contributed by atoms with van der Waals surface area (Å²) in [5.41, 5.74) is 6.80. The molecule has 0 spiro atoms. The van der Waals surface area contributed by atoms with Gasteiger partial charge in [0.05, 0.1) is 12.2 Å². The monoisotopic (exact) mass is 236 g/mol. The zero-order chi connectivity index (χ0) is 12.6. The number of aryl methyl sites for hydroxylation is 2. The molecule has 5 heteroatoms. The minimum atomic E-state index is -0.718. The lowest BCUT2D eigenvalue weighted by Gasteiger charge is -2.28. The van der Waals surface area contributed by atoms with E-state index in [1.54, 1.807) is 0 Å². The zero-order valence-electron chi connectivity index (χ0n) is 10.7. The van der Waals surface area contributed by atoms with E-state index in [1.807, 2.05) is 31.5 Å². The van der Waals surface area contributed by atoms with E-state index in [9.17, 15) is 4.79 Å². The average molecular weight is 236 g/mol. The van der Waals surface area contributed by atoms with E-state index in [0.29, 0.717) is 12.6 Å². The van der Waals surface area contributed by atoms with Crippen LogP contribution >= 0.6 is 0 Å². The Balaban J connectivity index is 2.16. The summed E-state index contributed by atoms with van der Waals surface area (Å²) in [7, 11) is 0. The summed E-state index contributed by atoms with van der Waals surface area (Å²) in [5, 5.41) is 7.69. The van der Waals surface area contributed by atoms with E-state index >= 15 is 0 Å². The fraction of sp³-hybridized carbons (Fsp3) is 0.667. The average Bonchev–Trinajstić information content (AvgIpc) is 2.94. The van der Waals surface area contributed by atoms with E-state index in [-0.39, 0.29) is 5.91 Å². The van der Waals surface area contributed by atoms with Crippen LogP contribution in [-0.4, -0.2) is 27.3 Å². The van der Waals surface area contributed by atoms with Gasteiger partial charge >= 0.3 is 0 Å². The fourth-order valence-corrected chi connectivity index (χ4v) is 2.01. The molecule has 1 heterocycles. The van der Waals surface area contributed by atoms with Crippen LogP contribution in [0.3, 0.4) is 0 Å². The molecule has 5 nitrogen and oxygen atoms in total. The zero-order valence-corrected chi connectivity index (χ0v) is 10.7. The van der Waals surface area contributed by atoms with Gasteiger partial charge in [0.1, 0.15) is 5.54 Å². The number of rotatable bonds is 5. The van der Waals surface area contributed by atoms with Gasteiger partial charge in [-0.1, -0.05) is 0 Å². The fourth-order valence-electron chi connectivity index (χ4n) is 2.01. The van der Waals surface area contributed by atoms with Gasteiger partial charge in [0, 0.05) is 11.7 Å². The highest BCUT2D eigenvalue weighted by Gasteiger charge is 2.37. The number of hydrogen-bond acceptors (Lipinski definition) is 3. The molecule has 0 saturated heterocycles. The van der Waals surface area contributed by atoms with Gasteiger partial charge < -0.3 is 5.73 Å². The maximum Gasteiger partial charge on any atom is 0.239 e. The molecule has 0 aliphatic heterocycles. The number of nitrogens with zero attached hydrogens (tertiary/aromatic N) is 2. The first-order valence-corrected chi connectivity index (χ1v) is 5.99. The molecule has 1 saturated carbocycles. The van der Waals surface area contributed by atoms with Gasteiger partial charge in [-0.3, -0.25) is 14.8 Å². The molecule has 1 atom stereocenters. The largest absolute Gasteiger partial charge is 0.368 e. The van der Waals surface area contributed by atoms with Crippen LogP contribution in [0.5, 0.6) is 0 Å². The molecule has 1 fully saturated rings. The second kappa shape index (κ2) is 4.14. The summed E-state index contributed by atoms with van der Waals surface area (Å²) in [6, 6.07) is 2.43. The lowest BCUT2D eigenvalue weighted by molar-refractivity contribution is -0.124. The van der Waals surface area contributed by atoms with Gasteiger partial charge in [0.15, 0.2) is 0 Å². The Kier molecular flexibility index (Phi) is 2.95. The van der Waals surface area contributed by atoms with Crippen molar-refractivity contribution < 1.29 is 4.79 Å². The quantitative estimate of drug-likeness (QED) is 0.781. The number of carbonyl (C=O) groups excluding carboxylic acids is 1. The Labute approximate surface area is 101 Å². The first-order chi connectivity index (χ1) is 7.90. The summed E-state index contributed by atoms with van der Waals surface area (Å²) < 4.78 is 1.84. The third-order valence-corrected chi connectivity index (χ3v) is 3.21. The number of primary amides is 1. The molecule has 0 radical (unpaired) electrons. The Morgan fingerprint density at radius 2 is 2.29 bits per heavy atom. The summed E-state index contributed by atoms with van der Waals surface area (Å²) in [5.74, 6) is -0.322. The number of nitrogens with one attached hydrogen (secondary N) is 1. The summed E-state index contributed by atoms with van der Waals surface area (Å²) >= 11 is 0. The van der Waals surface area contributed by atoms with Gasteiger partial charge in [-0.2, -0.15) is 5.10 Å². The van der Waals surface area contributed by atoms with Crippen molar-refractivity contribution in [1.82, 2.24) is 15.1 Å². The van der Waals surface area contributed by atoms with Crippen LogP contribution in [0.15, 0.2) is 6.07 Å². The second-order valence-corrected chi connectivity index (χ2v) is 5.20. The topological polar surface area (TPSA) is 72.9 Å². The van der Waals surface area contributed by atoms with Crippen LogP contribution < -0.4 is 11.1 Å². The number of amides is 1. The molecule has 1 aliphatic rings. The van der Waals surface area contributed by atoms with E-state index in [0.717, 1.165) is 24.2 Å². The van der Waals surface area contributed by atoms with Crippen molar-refractivity contribution in [3.05, 3.63) is 17.5 Å². The normalized spacial score (nSPS) is 19.0. The molecule has 1 aromatic heterocycles. The predicted octanol–water partition coefficient (Wildman–Crippen LogP) is 0.496. The second-order valence-electron chi connectivity index (χ2n) is 5.20. The third kappa shape index (κ3) is 2.66. The molecule has 3 N–H and O–H groups in total. The SMILES string of the molecule is Cc1cc(C)n(CC(C)(NC2CC2)C(N)=O)n1. The Bertz CT molecular complexity index is 436. The molecule has 1 aliphatic carbocycles. The van der Waals surface area contributed by atoms with Gasteiger partial charge in [-0.15, -0.1) is 0 Å². The van der Waals surface area contributed by atoms with Gasteiger partial charge in [0.2, 0.25) is 5.91 Å². The van der Waals surface area contributed by atoms with Gasteiger partial charge in [0.25, 0.3) is 0 Å². The van der Waals surface area contributed by atoms with Crippen molar-refractivity contribution in [1.29, 1.82) is 0 Å². The predicted molar refractivity (Wildman–Crippen MR) is 65.5 cm³/mol. The number of nitrogens with two attached hydrogens (primary N) is 1. The van der Waals surface area contributed by atoms with E-state index in [2.05, 4.69) is 10.4 Å². The van der Waals surface area contributed by atoms with Crippen LogP contribution in [-0.2, 0) is 11.3 Å². The van der Waals surface area contributed by atoms with Crippen molar-refractivity contribution in [3.63, 3.8) is 0 Å². The van der Waals surface area contributed by atoms with Crippen molar-refractivity contribution in [2.75, 3.05) is 0 Å². The molecule has 1 aromatic rings. The Morgan fingerprint density at radius 3 is 2.71 bits per heavy atom. The van der Waals surface area contributed by atoms with Crippen LogP contribution in [0, 0.1) is 13.8 Å². The standard InChI is InChI=1S/C12H20N4O/c1-8-6-9(2)16(15-8)7-12(3,11(13)17)14-10-4-5-10/h6,10,14H,4-5,7H2,1-3H3,(H2,13,17). The minimum Gasteiger partial charge on any atom is -0.368 e. The molecule has 0 aromatic carbocycles. The molecule has 17 heavy (non-hydrogen) atoms. The molecule has 2 rings (SSSR count). The number of aromatic nitrogens is 2. The first kappa shape index (κ1) is 12.1. The minimum absolute atomic E-state index is 0.322. The van der Waals surface area contributed by atoms with Crippen molar-refractivity contribution >= 4 is 5.91 Å². The highest BCUT2D eigenvalue weighted by Crippen LogP contribution is 2.23. The van der Waals surface area contributed by atoms with Crippen molar-refractivity contribution in [2.24, 2.45) is 5.73 Å². The van der Waals surface area contributed by atoms with Gasteiger partial charge in [-0.25, -0.2) is 0 Å². The van der Waals surface area contributed by atoms with E-state index < -0.39 is 5.54 Å². The van der Waals surface area contributed by atoms with Crippen molar-refractivity contribution in [3.8, 4) is 0 Å². The highest BCUT2D eigenvalue weighted by atomic mass is 16.1. The lowest BCUT2D eigenvalue weighted by Crippen LogP contribution is -2.56. The third-order valence-electron chi connectivity index (χ3n) is 3.21. The van der Waals surface area contributed by atoms with E-state index in [4.69, 9.17) is 5.73 Å². The Hall–Kier alpha value is -1.36. The molecular weight excluding hydrogens is 216 g/mol. The maximum absolute atomic E-state index is 11.6. The first-order valence-electron chi connectivity index (χ1n) is 5.99. The highest BCUT2D eigenvalue weighted by molar-refractivity contribution is 5.84. The molecule has 1 unspecified atom stereocenters. The lowest BCUT2D eigenvalue weighted by atomic mass is 10.0. The molecule has 1 amide bonds. The summed E-state index contributed by atoms with van der Waals surface area (Å²) in [4.78, 5) is 11.6. The molecular formula is C12H20N4O.